The van der Waals surface area contributed by atoms with Crippen LogP contribution in [0.5, 0.6) is 0 Å². The Balaban J connectivity index is 1.18. The number of nitrogens with zero attached hydrogens (tertiary/aromatic N) is 5. The summed E-state index contributed by atoms with van der Waals surface area (Å²) in [5, 5.41) is 4.19. The number of fused-ring (bicyclic) bond motifs is 1. The van der Waals surface area contributed by atoms with Crippen LogP contribution >= 0.6 is 11.6 Å². The molecule has 3 fully saturated rings. The Hall–Kier alpha value is -2.59. The molecule has 1 aromatic heterocycles. The van der Waals surface area contributed by atoms with Crippen molar-refractivity contribution >= 4 is 23.5 Å². The van der Waals surface area contributed by atoms with E-state index in [0.717, 1.165) is 38.1 Å². The summed E-state index contributed by atoms with van der Waals surface area (Å²) in [5.41, 5.74) is 0.202. The van der Waals surface area contributed by atoms with Gasteiger partial charge in [-0.1, -0.05) is 11.6 Å². The van der Waals surface area contributed by atoms with E-state index in [4.69, 9.17) is 11.6 Å². The van der Waals surface area contributed by atoms with Crippen molar-refractivity contribution in [2.75, 3.05) is 39.3 Å². The molecule has 0 saturated carbocycles. The van der Waals surface area contributed by atoms with Gasteiger partial charge in [0, 0.05) is 57.0 Å². The average molecular weight is 496 g/mol. The summed E-state index contributed by atoms with van der Waals surface area (Å²) in [6.45, 7) is 4.34. The predicted octanol–water partition coefficient (Wildman–Crippen LogP) is 3.82. The van der Waals surface area contributed by atoms with Crippen LogP contribution in [0.25, 0.3) is 0 Å². The van der Waals surface area contributed by atoms with Gasteiger partial charge >= 0.3 is 12.2 Å². The maximum absolute atomic E-state index is 13.1. The number of halogens is 4. The Morgan fingerprint density at radius 2 is 1.68 bits per heavy atom. The van der Waals surface area contributed by atoms with E-state index >= 15 is 0 Å². The molecule has 0 bridgehead atoms. The minimum Gasteiger partial charge on any atom is -0.339 e. The van der Waals surface area contributed by atoms with Gasteiger partial charge in [0.2, 0.25) is 0 Å². The fraction of sp³-hybridized carbons (Fsp3) is 0.522. The van der Waals surface area contributed by atoms with Crippen molar-refractivity contribution < 1.29 is 22.8 Å². The van der Waals surface area contributed by atoms with Gasteiger partial charge in [-0.05, 0) is 48.4 Å². The van der Waals surface area contributed by atoms with Gasteiger partial charge in [-0.25, -0.2) is 4.79 Å². The lowest BCUT2D eigenvalue weighted by molar-refractivity contribution is -0.137. The lowest BCUT2D eigenvalue weighted by atomic mass is 10.0. The second-order valence-electron chi connectivity index (χ2n) is 9.42. The van der Waals surface area contributed by atoms with E-state index in [1.54, 1.807) is 15.9 Å². The number of alkyl halides is 3. The van der Waals surface area contributed by atoms with Crippen molar-refractivity contribution in [1.82, 2.24) is 24.5 Å². The summed E-state index contributed by atoms with van der Waals surface area (Å²) in [5.74, 6) is 0.387. The number of rotatable bonds is 3. The summed E-state index contributed by atoms with van der Waals surface area (Å²) < 4.78 is 40.5. The molecule has 3 saturated heterocycles. The van der Waals surface area contributed by atoms with Crippen LogP contribution in [-0.4, -0.2) is 75.7 Å². The second-order valence-corrected chi connectivity index (χ2v) is 9.86. The smallest absolute Gasteiger partial charge is 0.339 e. The van der Waals surface area contributed by atoms with E-state index < -0.39 is 11.7 Å². The van der Waals surface area contributed by atoms with Gasteiger partial charge in [0.15, 0.2) is 0 Å². The van der Waals surface area contributed by atoms with E-state index in [1.807, 2.05) is 0 Å². The Morgan fingerprint density at radius 1 is 1.00 bits per heavy atom. The average Bonchev–Trinajstić information content (AvgIpc) is 3.55. The third-order valence-electron chi connectivity index (χ3n) is 6.94. The van der Waals surface area contributed by atoms with Crippen LogP contribution in [0.1, 0.15) is 34.3 Å². The number of aromatic nitrogens is 2. The number of benzene rings is 1. The largest absolute Gasteiger partial charge is 0.416 e. The van der Waals surface area contributed by atoms with Crippen LogP contribution in [0.3, 0.4) is 0 Å². The van der Waals surface area contributed by atoms with E-state index in [-0.39, 0.29) is 28.8 Å². The zero-order valence-electron chi connectivity index (χ0n) is 18.5. The molecule has 4 heterocycles. The van der Waals surface area contributed by atoms with Gasteiger partial charge in [-0.15, -0.1) is 0 Å². The summed E-state index contributed by atoms with van der Waals surface area (Å²) in [6.07, 6.45) is 0.492. The monoisotopic (exact) mass is 495 g/mol. The first-order valence-corrected chi connectivity index (χ1v) is 11.8. The molecule has 1 aromatic carbocycles. The van der Waals surface area contributed by atoms with Gasteiger partial charge in [0.05, 0.1) is 17.3 Å². The van der Waals surface area contributed by atoms with Crippen molar-refractivity contribution in [2.45, 2.75) is 25.6 Å². The third-order valence-corrected chi connectivity index (χ3v) is 7.16. The van der Waals surface area contributed by atoms with Crippen molar-refractivity contribution in [3.63, 3.8) is 0 Å². The van der Waals surface area contributed by atoms with Crippen LogP contribution in [-0.2, 0) is 12.7 Å². The maximum Gasteiger partial charge on any atom is 0.416 e. The van der Waals surface area contributed by atoms with Crippen LogP contribution < -0.4 is 0 Å². The molecule has 3 aliphatic heterocycles. The molecule has 2 amide bonds. The van der Waals surface area contributed by atoms with E-state index in [1.165, 1.54) is 17.1 Å². The van der Waals surface area contributed by atoms with Crippen molar-refractivity contribution in [1.29, 1.82) is 0 Å². The molecule has 11 heteroatoms. The molecule has 34 heavy (non-hydrogen) atoms. The Kier molecular flexibility index (Phi) is 6.05. The molecular weight excluding hydrogens is 471 g/mol. The molecule has 0 N–H and O–H groups in total. The fourth-order valence-corrected chi connectivity index (χ4v) is 5.58. The highest BCUT2D eigenvalue weighted by Crippen LogP contribution is 2.35. The molecule has 2 aromatic rings. The predicted molar refractivity (Wildman–Crippen MR) is 118 cm³/mol. The lowest BCUT2D eigenvalue weighted by Crippen LogP contribution is -2.36. The first-order chi connectivity index (χ1) is 16.2. The summed E-state index contributed by atoms with van der Waals surface area (Å²) in [7, 11) is 0. The lowest BCUT2D eigenvalue weighted by Gasteiger charge is -2.22. The summed E-state index contributed by atoms with van der Waals surface area (Å²) in [6, 6.07) is 3.40. The van der Waals surface area contributed by atoms with Crippen molar-refractivity contribution in [3.8, 4) is 0 Å². The van der Waals surface area contributed by atoms with Gasteiger partial charge in [-0.2, -0.15) is 23.0 Å². The number of carbonyl (C=O) groups excluding carboxylic acids is 2. The minimum absolute atomic E-state index is 0.0720. The van der Waals surface area contributed by atoms with Gasteiger partial charge < -0.3 is 9.80 Å². The van der Waals surface area contributed by atoms with Crippen LogP contribution in [0.2, 0.25) is 5.02 Å². The zero-order chi connectivity index (χ0) is 24.0. The topological polar surface area (TPSA) is 61.7 Å². The Morgan fingerprint density at radius 3 is 2.32 bits per heavy atom. The fourth-order valence-electron chi connectivity index (χ4n) is 5.32. The van der Waals surface area contributed by atoms with Crippen molar-refractivity contribution in [3.05, 3.63) is 52.3 Å². The summed E-state index contributed by atoms with van der Waals surface area (Å²) >= 11 is 5.91. The second kappa shape index (κ2) is 8.88. The maximum atomic E-state index is 13.1. The van der Waals surface area contributed by atoms with E-state index in [2.05, 4.69) is 10.00 Å². The van der Waals surface area contributed by atoms with E-state index in [0.29, 0.717) is 43.9 Å². The number of carbonyl (C=O) groups is 2. The molecular formula is C23H25ClF3N5O2. The van der Waals surface area contributed by atoms with Crippen molar-refractivity contribution in [2.24, 2.45) is 11.8 Å². The number of hydrogen-bond donors (Lipinski definition) is 0. The molecule has 2 unspecified atom stereocenters. The highest BCUT2D eigenvalue weighted by molar-refractivity contribution is 6.30. The number of amides is 2. The quantitative estimate of drug-likeness (QED) is 0.649. The van der Waals surface area contributed by atoms with E-state index in [9.17, 15) is 22.8 Å². The molecule has 3 aliphatic rings. The van der Waals surface area contributed by atoms with Gasteiger partial charge in [-0.3, -0.25) is 9.69 Å². The molecule has 7 nitrogen and oxygen atoms in total. The summed E-state index contributed by atoms with van der Waals surface area (Å²) in [4.78, 5) is 31.1. The van der Waals surface area contributed by atoms with Crippen LogP contribution in [0, 0.1) is 11.8 Å². The number of hydrogen-bond acceptors (Lipinski definition) is 4. The standard InChI is InChI=1S/C23H25ClF3N5O2/c24-20-6-15(5-19(7-20)23(25,26)27)9-29-10-17-12-31(13-18(17)11-29)22(34)32-14-16(8-28-32)21(33)30-3-1-2-4-30/h5-8,14,17-18H,1-4,9-13H2. The highest BCUT2D eigenvalue weighted by atomic mass is 35.5. The van der Waals surface area contributed by atoms with Gasteiger partial charge in [0.1, 0.15) is 0 Å². The van der Waals surface area contributed by atoms with Crippen LogP contribution in [0.15, 0.2) is 30.6 Å². The van der Waals surface area contributed by atoms with Gasteiger partial charge in [0.25, 0.3) is 5.91 Å². The molecule has 182 valence electrons. The molecule has 0 aliphatic carbocycles. The van der Waals surface area contributed by atoms with Crippen LogP contribution in [0.4, 0.5) is 18.0 Å². The first kappa shape index (κ1) is 23.2. The Labute approximate surface area is 200 Å². The third kappa shape index (κ3) is 4.65. The number of likely N-dealkylation sites (tertiary alicyclic amines) is 3. The normalized spacial score (nSPS) is 23.1. The SMILES string of the molecule is O=C(c1cnn(C(=O)N2CC3CN(Cc4cc(Cl)cc(C(F)(F)F)c4)CC3C2)c1)N1CCCC1. The molecule has 5 rings (SSSR count). The molecule has 0 radical (unpaired) electrons. The molecule has 2 atom stereocenters. The first-order valence-electron chi connectivity index (χ1n) is 11.4. The molecule has 0 spiro atoms. The highest BCUT2D eigenvalue weighted by Gasteiger charge is 2.42. The zero-order valence-corrected chi connectivity index (χ0v) is 19.2. The Bertz CT molecular complexity index is 1080. The minimum atomic E-state index is -4.44.